The number of hydrogen-bond donors (Lipinski definition) is 1. The molecule has 6 nitrogen and oxygen atoms in total. The number of likely N-dealkylation sites (N-methyl/N-ethyl adjacent to an activating group) is 1. The third kappa shape index (κ3) is 4.56. The van der Waals surface area contributed by atoms with Gasteiger partial charge in [-0.25, -0.2) is 4.98 Å². The van der Waals surface area contributed by atoms with Crippen molar-refractivity contribution in [2.45, 2.75) is 13.0 Å². The maximum Gasteiger partial charge on any atom is 0.237 e. The van der Waals surface area contributed by atoms with E-state index < -0.39 is 0 Å². The molecule has 0 aliphatic heterocycles. The van der Waals surface area contributed by atoms with E-state index in [0.717, 1.165) is 12.2 Å². The highest BCUT2D eigenvalue weighted by Crippen LogP contribution is 2.19. The summed E-state index contributed by atoms with van der Waals surface area (Å²) in [6.07, 6.45) is 3.26. The maximum atomic E-state index is 5.53. The smallest absolute Gasteiger partial charge is 0.237 e. The lowest BCUT2D eigenvalue weighted by Gasteiger charge is -2.18. The summed E-state index contributed by atoms with van der Waals surface area (Å²) in [5, 5.41) is 3.30. The van der Waals surface area contributed by atoms with E-state index in [1.54, 1.807) is 26.6 Å². The van der Waals surface area contributed by atoms with Crippen molar-refractivity contribution in [2.24, 2.45) is 0 Å². The van der Waals surface area contributed by atoms with Crippen LogP contribution in [-0.4, -0.2) is 50.6 Å². The first kappa shape index (κ1) is 14.8. The number of nitrogens with one attached hydrogen (secondary N) is 1. The van der Waals surface area contributed by atoms with E-state index in [1.165, 1.54) is 0 Å². The molecular formula is C12H21N3O3. The summed E-state index contributed by atoms with van der Waals surface area (Å²) >= 11 is 0. The van der Waals surface area contributed by atoms with Crippen LogP contribution in [-0.2, 0) is 9.47 Å². The number of aromatic nitrogens is 2. The molecule has 6 heteroatoms. The Morgan fingerprint density at radius 1 is 1.22 bits per heavy atom. The molecule has 0 saturated heterocycles. The summed E-state index contributed by atoms with van der Waals surface area (Å²) in [5.74, 6) is 0.527. The molecule has 0 fully saturated rings. The Kier molecular flexibility index (Phi) is 7.24. The first-order chi connectivity index (χ1) is 8.83. The highest BCUT2D eigenvalue weighted by atomic mass is 16.5. The predicted octanol–water partition coefficient (Wildman–Crippen LogP) is 0.799. The van der Waals surface area contributed by atoms with E-state index in [-0.39, 0.29) is 6.04 Å². The first-order valence-corrected chi connectivity index (χ1v) is 5.98. The molecule has 1 aromatic rings. The molecule has 0 aliphatic rings. The van der Waals surface area contributed by atoms with Gasteiger partial charge in [-0.2, -0.15) is 0 Å². The molecule has 1 rings (SSSR count). The lowest BCUT2D eigenvalue weighted by molar-refractivity contribution is 0.0577. The number of ether oxygens (including phenoxy) is 3. The van der Waals surface area contributed by atoms with E-state index in [4.69, 9.17) is 14.2 Å². The van der Waals surface area contributed by atoms with Crippen molar-refractivity contribution in [1.82, 2.24) is 15.3 Å². The van der Waals surface area contributed by atoms with Gasteiger partial charge in [0.15, 0.2) is 0 Å². The highest BCUT2D eigenvalue weighted by molar-refractivity contribution is 5.21. The molecule has 0 aliphatic carbocycles. The second-order valence-electron chi connectivity index (χ2n) is 3.63. The van der Waals surface area contributed by atoms with Crippen molar-refractivity contribution in [3.05, 3.63) is 18.1 Å². The number of methoxy groups -OCH3 is 2. The molecule has 0 spiro atoms. The van der Waals surface area contributed by atoms with Gasteiger partial charge in [0.25, 0.3) is 0 Å². The minimum Gasteiger partial charge on any atom is -0.480 e. The van der Waals surface area contributed by atoms with Crippen molar-refractivity contribution >= 4 is 0 Å². The summed E-state index contributed by atoms with van der Waals surface area (Å²) < 4.78 is 15.7. The van der Waals surface area contributed by atoms with Crippen molar-refractivity contribution in [3.8, 4) is 5.88 Å². The van der Waals surface area contributed by atoms with Crippen LogP contribution in [0.1, 0.15) is 18.7 Å². The Morgan fingerprint density at radius 3 is 2.67 bits per heavy atom. The molecule has 0 radical (unpaired) electrons. The largest absolute Gasteiger partial charge is 0.480 e. The van der Waals surface area contributed by atoms with E-state index in [0.29, 0.717) is 25.7 Å². The summed E-state index contributed by atoms with van der Waals surface area (Å²) in [7, 11) is 3.24. The molecule has 1 unspecified atom stereocenters. The van der Waals surface area contributed by atoms with Gasteiger partial charge in [-0.3, -0.25) is 4.98 Å². The van der Waals surface area contributed by atoms with Gasteiger partial charge in [0.05, 0.1) is 33.0 Å². The molecule has 0 bridgehead atoms. The van der Waals surface area contributed by atoms with Gasteiger partial charge in [0, 0.05) is 19.5 Å². The van der Waals surface area contributed by atoms with Gasteiger partial charge in [0.2, 0.25) is 5.88 Å². The van der Waals surface area contributed by atoms with E-state index in [1.807, 2.05) is 6.92 Å². The number of hydrogen-bond acceptors (Lipinski definition) is 6. The molecule has 0 aromatic carbocycles. The lowest BCUT2D eigenvalue weighted by Crippen LogP contribution is -2.27. The lowest BCUT2D eigenvalue weighted by atomic mass is 10.2. The van der Waals surface area contributed by atoms with Crippen LogP contribution in [0, 0.1) is 0 Å². The number of rotatable bonds is 9. The van der Waals surface area contributed by atoms with E-state index >= 15 is 0 Å². The van der Waals surface area contributed by atoms with Crippen LogP contribution in [0.15, 0.2) is 12.4 Å². The molecule has 0 saturated carbocycles. The van der Waals surface area contributed by atoms with Gasteiger partial charge < -0.3 is 19.5 Å². The zero-order valence-corrected chi connectivity index (χ0v) is 11.2. The molecule has 18 heavy (non-hydrogen) atoms. The summed E-state index contributed by atoms with van der Waals surface area (Å²) in [5.41, 5.74) is 0.763. The zero-order valence-electron chi connectivity index (χ0n) is 11.2. The minimum atomic E-state index is -0.0319. The van der Waals surface area contributed by atoms with Crippen molar-refractivity contribution in [2.75, 3.05) is 40.6 Å². The Morgan fingerprint density at radius 2 is 2.00 bits per heavy atom. The predicted molar refractivity (Wildman–Crippen MR) is 67.7 cm³/mol. The van der Waals surface area contributed by atoms with Crippen LogP contribution in [0.5, 0.6) is 5.88 Å². The van der Waals surface area contributed by atoms with Gasteiger partial charge in [0.1, 0.15) is 5.69 Å². The summed E-state index contributed by atoms with van der Waals surface area (Å²) in [6, 6.07) is -0.0319. The SMILES string of the molecule is CCNC(COCCOC)c1nccnc1OC. The van der Waals surface area contributed by atoms with Crippen LogP contribution < -0.4 is 10.1 Å². The Bertz CT molecular complexity index is 336. The van der Waals surface area contributed by atoms with Gasteiger partial charge in [-0.1, -0.05) is 6.92 Å². The Balaban J connectivity index is 2.64. The fourth-order valence-corrected chi connectivity index (χ4v) is 1.56. The third-order valence-electron chi connectivity index (χ3n) is 2.38. The average Bonchev–Trinajstić information content (AvgIpc) is 2.42. The van der Waals surface area contributed by atoms with Crippen LogP contribution in [0.2, 0.25) is 0 Å². The van der Waals surface area contributed by atoms with Crippen LogP contribution in [0.25, 0.3) is 0 Å². The topological polar surface area (TPSA) is 65.5 Å². The van der Waals surface area contributed by atoms with E-state index in [9.17, 15) is 0 Å². The normalized spacial score (nSPS) is 12.4. The summed E-state index contributed by atoms with van der Waals surface area (Å²) in [6.45, 7) is 4.49. The second kappa shape index (κ2) is 8.79. The Labute approximate surface area is 108 Å². The third-order valence-corrected chi connectivity index (χ3v) is 2.38. The molecule has 1 aromatic heterocycles. The standard InChI is InChI=1S/C12H21N3O3/c1-4-13-10(9-18-8-7-16-2)11-12(17-3)15-6-5-14-11/h5-6,10,13H,4,7-9H2,1-3H3. The highest BCUT2D eigenvalue weighted by Gasteiger charge is 2.17. The van der Waals surface area contributed by atoms with Crippen molar-refractivity contribution in [3.63, 3.8) is 0 Å². The fourth-order valence-electron chi connectivity index (χ4n) is 1.56. The summed E-state index contributed by atoms with van der Waals surface area (Å²) in [4.78, 5) is 8.45. The second-order valence-corrected chi connectivity index (χ2v) is 3.63. The van der Waals surface area contributed by atoms with Crippen LogP contribution in [0.3, 0.4) is 0 Å². The van der Waals surface area contributed by atoms with Crippen molar-refractivity contribution in [1.29, 1.82) is 0 Å². The first-order valence-electron chi connectivity index (χ1n) is 5.98. The minimum absolute atomic E-state index is 0.0319. The molecule has 1 N–H and O–H groups in total. The maximum absolute atomic E-state index is 5.53. The van der Waals surface area contributed by atoms with Gasteiger partial charge in [-0.15, -0.1) is 0 Å². The molecule has 1 heterocycles. The zero-order chi connectivity index (χ0) is 13.2. The quantitative estimate of drug-likeness (QED) is 0.658. The molecular weight excluding hydrogens is 234 g/mol. The molecule has 0 amide bonds. The fraction of sp³-hybridized carbons (Fsp3) is 0.667. The van der Waals surface area contributed by atoms with Crippen LogP contribution in [0.4, 0.5) is 0 Å². The van der Waals surface area contributed by atoms with Gasteiger partial charge >= 0.3 is 0 Å². The average molecular weight is 255 g/mol. The molecule has 1 atom stereocenters. The van der Waals surface area contributed by atoms with Gasteiger partial charge in [-0.05, 0) is 6.54 Å². The number of nitrogens with zero attached hydrogens (tertiary/aromatic N) is 2. The Hall–Kier alpha value is -1.24. The van der Waals surface area contributed by atoms with E-state index in [2.05, 4.69) is 15.3 Å². The monoisotopic (exact) mass is 255 g/mol. The molecule has 102 valence electrons. The van der Waals surface area contributed by atoms with Crippen molar-refractivity contribution < 1.29 is 14.2 Å². The van der Waals surface area contributed by atoms with Crippen LogP contribution >= 0.6 is 0 Å².